The van der Waals surface area contributed by atoms with Crippen LogP contribution in [0.1, 0.15) is 39.2 Å². The first kappa shape index (κ1) is 21.5. The maximum absolute atomic E-state index is 12.4. The molecule has 0 bridgehead atoms. The van der Waals surface area contributed by atoms with Crippen molar-refractivity contribution in [2.75, 3.05) is 39.9 Å². The van der Waals surface area contributed by atoms with Crippen LogP contribution in [0.4, 0.5) is 0 Å². The van der Waals surface area contributed by atoms with Crippen LogP contribution >= 0.6 is 0 Å². The van der Waals surface area contributed by atoms with Gasteiger partial charge in [0.1, 0.15) is 6.61 Å². The minimum absolute atomic E-state index is 0.103. The smallest absolute Gasteiger partial charge is 0.223 e. The van der Waals surface area contributed by atoms with Crippen LogP contribution in [0.2, 0.25) is 0 Å². The highest BCUT2D eigenvalue weighted by Crippen LogP contribution is 2.28. The monoisotopic (exact) mass is 377 g/mol. The van der Waals surface area contributed by atoms with Gasteiger partial charge in [-0.05, 0) is 57.1 Å². The molecule has 6 heteroatoms. The third-order valence-corrected chi connectivity index (χ3v) is 5.25. The number of likely N-dealkylation sites (N-methyl/N-ethyl adjacent to an activating group) is 1. The minimum Gasteiger partial charge on any atom is -0.493 e. The molecular formula is C21H35N3O3. The first-order valence-corrected chi connectivity index (χ1v) is 10.1. The number of hydrogen-bond donors (Lipinski definition) is 2. The summed E-state index contributed by atoms with van der Waals surface area (Å²) in [4.78, 5) is 14.7. The van der Waals surface area contributed by atoms with Crippen LogP contribution in [0.5, 0.6) is 11.5 Å². The zero-order valence-electron chi connectivity index (χ0n) is 17.2. The number of benzene rings is 1. The zero-order chi connectivity index (χ0) is 19.6. The Hall–Kier alpha value is -1.79. The molecule has 1 aromatic rings. The quantitative estimate of drug-likeness (QED) is 0.656. The Labute approximate surface area is 163 Å². The lowest BCUT2D eigenvalue weighted by molar-refractivity contribution is -0.126. The fourth-order valence-corrected chi connectivity index (χ4v) is 3.47. The maximum Gasteiger partial charge on any atom is 0.223 e. The van der Waals surface area contributed by atoms with E-state index in [1.54, 1.807) is 7.11 Å². The van der Waals surface area contributed by atoms with Crippen molar-refractivity contribution in [3.05, 3.63) is 23.8 Å². The number of hydrogen-bond acceptors (Lipinski definition) is 5. The van der Waals surface area contributed by atoms with Crippen LogP contribution in [0, 0.1) is 5.92 Å². The van der Waals surface area contributed by atoms with E-state index in [0.29, 0.717) is 24.9 Å². The summed E-state index contributed by atoms with van der Waals surface area (Å²) < 4.78 is 11.4. The van der Waals surface area contributed by atoms with Gasteiger partial charge >= 0.3 is 0 Å². The summed E-state index contributed by atoms with van der Waals surface area (Å²) in [5.74, 6) is 1.69. The standard InChI is InChI=1S/C21H35N3O3/c1-5-24(6-2)11-12-27-19-8-7-17(14-20(19)26-4)15-23-21(25)18-9-10-22-16(3)13-18/h7-8,14,16,18,22H,5-6,9-13,15H2,1-4H3,(H,23,25)/t16-,18-/m0/s1. The van der Waals surface area contributed by atoms with Crippen molar-refractivity contribution >= 4 is 5.91 Å². The number of nitrogens with one attached hydrogen (secondary N) is 2. The molecule has 2 rings (SSSR count). The number of rotatable bonds is 10. The second-order valence-electron chi connectivity index (χ2n) is 7.15. The van der Waals surface area contributed by atoms with Crippen molar-refractivity contribution in [1.82, 2.24) is 15.5 Å². The van der Waals surface area contributed by atoms with E-state index in [1.807, 2.05) is 18.2 Å². The van der Waals surface area contributed by atoms with Crippen LogP contribution in [-0.2, 0) is 11.3 Å². The van der Waals surface area contributed by atoms with E-state index in [1.165, 1.54) is 0 Å². The lowest BCUT2D eigenvalue weighted by atomic mass is 9.92. The van der Waals surface area contributed by atoms with E-state index >= 15 is 0 Å². The van der Waals surface area contributed by atoms with Gasteiger partial charge in [-0.15, -0.1) is 0 Å². The molecule has 0 unspecified atom stereocenters. The number of methoxy groups -OCH3 is 1. The highest BCUT2D eigenvalue weighted by atomic mass is 16.5. The van der Waals surface area contributed by atoms with Crippen LogP contribution in [-0.4, -0.2) is 56.7 Å². The number of carbonyl (C=O) groups excluding carboxylic acids is 1. The van der Waals surface area contributed by atoms with Gasteiger partial charge in [0.25, 0.3) is 0 Å². The van der Waals surface area contributed by atoms with Gasteiger partial charge in [-0.1, -0.05) is 19.9 Å². The molecule has 152 valence electrons. The predicted molar refractivity (Wildman–Crippen MR) is 108 cm³/mol. The normalized spacial score (nSPS) is 19.7. The molecular weight excluding hydrogens is 342 g/mol. The number of amides is 1. The molecule has 1 heterocycles. The first-order chi connectivity index (χ1) is 13.1. The van der Waals surface area contributed by atoms with Gasteiger partial charge in [0.15, 0.2) is 11.5 Å². The first-order valence-electron chi connectivity index (χ1n) is 10.1. The number of nitrogens with zero attached hydrogens (tertiary/aromatic N) is 1. The summed E-state index contributed by atoms with van der Waals surface area (Å²) >= 11 is 0. The number of ether oxygens (including phenoxy) is 2. The largest absolute Gasteiger partial charge is 0.493 e. The molecule has 0 aromatic heterocycles. The molecule has 0 saturated carbocycles. The van der Waals surface area contributed by atoms with Crippen LogP contribution in [0.3, 0.4) is 0 Å². The third-order valence-electron chi connectivity index (χ3n) is 5.25. The third kappa shape index (κ3) is 6.70. The van der Waals surface area contributed by atoms with E-state index in [4.69, 9.17) is 9.47 Å². The van der Waals surface area contributed by atoms with Crippen molar-refractivity contribution in [2.45, 2.75) is 46.2 Å². The summed E-state index contributed by atoms with van der Waals surface area (Å²) in [6.07, 6.45) is 1.80. The summed E-state index contributed by atoms with van der Waals surface area (Å²) in [5.41, 5.74) is 1.01. The summed E-state index contributed by atoms with van der Waals surface area (Å²) in [6, 6.07) is 6.26. The Morgan fingerprint density at radius 3 is 2.74 bits per heavy atom. The van der Waals surface area contributed by atoms with Crippen molar-refractivity contribution in [2.24, 2.45) is 5.92 Å². The molecule has 1 aliphatic rings. The zero-order valence-corrected chi connectivity index (χ0v) is 17.2. The number of carbonyl (C=O) groups is 1. The Morgan fingerprint density at radius 2 is 2.07 bits per heavy atom. The lowest BCUT2D eigenvalue weighted by Gasteiger charge is -2.27. The molecule has 1 aliphatic heterocycles. The van der Waals surface area contributed by atoms with Crippen molar-refractivity contribution in [3.8, 4) is 11.5 Å². The average molecular weight is 378 g/mol. The summed E-state index contributed by atoms with van der Waals surface area (Å²) in [7, 11) is 1.64. The molecule has 1 amide bonds. The fourth-order valence-electron chi connectivity index (χ4n) is 3.47. The molecule has 6 nitrogen and oxygen atoms in total. The van der Waals surface area contributed by atoms with Crippen molar-refractivity contribution < 1.29 is 14.3 Å². The molecule has 1 aromatic carbocycles. The van der Waals surface area contributed by atoms with Gasteiger partial charge in [-0.2, -0.15) is 0 Å². The SMILES string of the molecule is CCN(CC)CCOc1ccc(CNC(=O)[C@H]2CCN[C@@H](C)C2)cc1OC. The van der Waals surface area contributed by atoms with Gasteiger partial charge in [0, 0.05) is 25.0 Å². The van der Waals surface area contributed by atoms with Gasteiger partial charge in [0.05, 0.1) is 7.11 Å². The Balaban J connectivity index is 1.86. The molecule has 1 saturated heterocycles. The predicted octanol–water partition coefficient (Wildman–Crippen LogP) is 2.42. The fraction of sp³-hybridized carbons (Fsp3) is 0.667. The van der Waals surface area contributed by atoms with Gasteiger partial charge < -0.3 is 25.0 Å². The second kappa shape index (κ2) is 11.1. The van der Waals surface area contributed by atoms with Crippen LogP contribution in [0.25, 0.3) is 0 Å². The van der Waals surface area contributed by atoms with E-state index < -0.39 is 0 Å². The molecule has 2 N–H and O–H groups in total. The number of piperidine rings is 1. The van der Waals surface area contributed by atoms with Crippen LogP contribution < -0.4 is 20.1 Å². The highest BCUT2D eigenvalue weighted by molar-refractivity contribution is 5.78. The van der Waals surface area contributed by atoms with E-state index in [0.717, 1.165) is 50.3 Å². The summed E-state index contributed by atoms with van der Waals surface area (Å²) in [5, 5.41) is 6.44. The van der Waals surface area contributed by atoms with Crippen molar-refractivity contribution in [1.29, 1.82) is 0 Å². The molecule has 27 heavy (non-hydrogen) atoms. The minimum atomic E-state index is 0.103. The Bertz CT molecular complexity index is 590. The van der Waals surface area contributed by atoms with Gasteiger partial charge in [-0.25, -0.2) is 0 Å². The second-order valence-corrected chi connectivity index (χ2v) is 7.15. The van der Waals surface area contributed by atoms with E-state index in [-0.39, 0.29) is 11.8 Å². The van der Waals surface area contributed by atoms with Crippen LogP contribution in [0.15, 0.2) is 18.2 Å². The Morgan fingerprint density at radius 1 is 1.30 bits per heavy atom. The lowest BCUT2D eigenvalue weighted by Crippen LogP contribution is -2.42. The summed E-state index contributed by atoms with van der Waals surface area (Å²) in [6.45, 7) is 11.4. The molecule has 2 atom stereocenters. The van der Waals surface area contributed by atoms with Gasteiger partial charge in [0.2, 0.25) is 5.91 Å². The van der Waals surface area contributed by atoms with E-state index in [9.17, 15) is 4.79 Å². The van der Waals surface area contributed by atoms with Gasteiger partial charge in [-0.3, -0.25) is 4.79 Å². The molecule has 0 spiro atoms. The van der Waals surface area contributed by atoms with Crippen molar-refractivity contribution in [3.63, 3.8) is 0 Å². The molecule has 1 fully saturated rings. The molecule has 0 aliphatic carbocycles. The Kier molecular flexibility index (Phi) is 8.88. The van der Waals surface area contributed by atoms with E-state index in [2.05, 4.69) is 36.3 Å². The maximum atomic E-state index is 12.4. The topological polar surface area (TPSA) is 62.8 Å². The highest BCUT2D eigenvalue weighted by Gasteiger charge is 2.24. The average Bonchev–Trinajstić information content (AvgIpc) is 2.69. The molecule has 0 radical (unpaired) electrons.